The van der Waals surface area contributed by atoms with E-state index in [0.29, 0.717) is 18.1 Å². The normalized spacial score (nSPS) is 16.8. The zero-order valence-corrected chi connectivity index (χ0v) is 22.5. The Hall–Kier alpha value is -3.91. The number of aromatic amines is 1. The quantitative estimate of drug-likeness (QED) is 0.372. The molecule has 3 aromatic rings. The van der Waals surface area contributed by atoms with E-state index in [9.17, 15) is 36.3 Å². The van der Waals surface area contributed by atoms with Crippen molar-refractivity contribution in [3.63, 3.8) is 0 Å². The Morgan fingerprint density at radius 2 is 1.75 bits per heavy atom. The first-order valence-corrected chi connectivity index (χ1v) is 13.8. The lowest BCUT2D eigenvalue weighted by atomic mass is 10.0. The van der Waals surface area contributed by atoms with Gasteiger partial charge >= 0.3 is 12.1 Å². The van der Waals surface area contributed by atoms with Crippen LogP contribution in [0.15, 0.2) is 59.5 Å². The van der Waals surface area contributed by atoms with Crippen molar-refractivity contribution in [2.45, 2.75) is 43.4 Å². The minimum atomic E-state index is -4.64. The van der Waals surface area contributed by atoms with Crippen LogP contribution in [0.4, 0.5) is 19.0 Å². The lowest BCUT2D eigenvalue weighted by Gasteiger charge is -2.39. The van der Waals surface area contributed by atoms with Gasteiger partial charge in [-0.1, -0.05) is 38.1 Å². The molecule has 0 bridgehead atoms. The van der Waals surface area contributed by atoms with Gasteiger partial charge in [0.15, 0.2) is 5.82 Å². The molecule has 1 aliphatic heterocycles. The zero-order chi connectivity index (χ0) is 29.2. The molecule has 1 saturated heterocycles. The fourth-order valence-electron chi connectivity index (χ4n) is 4.34. The summed E-state index contributed by atoms with van der Waals surface area (Å²) in [7, 11) is -4.37. The molecular weight excluding hydrogens is 551 g/mol. The number of benzene rings is 2. The summed E-state index contributed by atoms with van der Waals surface area (Å²) >= 11 is 0. The molecular formula is C26H28F3N5O5S. The SMILES string of the molecule is CC(C)c1ccc(CNC(=O)[C@H]2CN(c3cc(C(=O)O)[nH]n3)CCN2S(=O)(=O)c2ccc(C(F)(F)F)cc2)cc1. The number of carbonyl (C=O) groups is 2. The number of carboxylic acid groups (broad SMARTS) is 1. The number of anilines is 1. The number of amides is 1. The van der Waals surface area contributed by atoms with Crippen LogP contribution < -0.4 is 10.2 Å². The van der Waals surface area contributed by atoms with E-state index in [4.69, 9.17) is 0 Å². The van der Waals surface area contributed by atoms with E-state index in [0.717, 1.165) is 27.6 Å². The van der Waals surface area contributed by atoms with Gasteiger partial charge in [0.2, 0.25) is 15.9 Å². The van der Waals surface area contributed by atoms with E-state index in [-0.39, 0.29) is 42.6 Å². The molecule has 0 saturated carbocycles. The summed E-state index contributed by atoms with van der Waals surface area (Å²) in [6.45, 7) is 3.92. The molecule has 0 radical (unpaired) electrons. The molecule has 40 heavy (non-hydrogen) atoms. The number of carboxylic acids is 1. The van der Waals surface area contributed by atoms with Gasteiger partial charge in [0, 0.05) is 32.2 Å². The van der Waals surface area contributed by atoms with Gasteiger partial charge < -0.3 is 15.3 Å². The highest BCUT2D eigenvalue weighted by Crippen LogP contribution is 2.31. The molecule has 1 fully saturated rings. The number of hydrogen-bond acceptors (Lipinski definition) is 6. The maximum absolute atomic E-state index is 13.5. The standard InChI is InChI=1S/C26H28F3N5O5S/c1-16(2)18-5-3-17(4-6-18)14-30-24(35)22-15-33(23-13-21(25(36)37)31-32-23)11-12-34(22)40(38,39)20-9-7-19(8-10-20)26(27,28)29/h3-10,13,16,22H,11-12,14-15H2,1-2H3,(H,30,35)(H,31,32)(H,36,37)/t22-/m1/s1. The topological polar surface area (TPSA) is 136 Å². The van der Waals surface area contributed by atoms with Gasteiger partial charge in [0.25, 0.3) is 0 Å². The van der Waals surface area contributed by atoms with Crippen molar-refractivity contribution in [1.29, 1.82) is 0 Å². The summed E-state index contributed by atoms with van der Waals surface area (Å²) in [5.41, 5.74) is 0.731. The van der Waals surface area contributed by atoms with Crippen LogP contribution in [-0.2, 0) is 27.5 Å². The van der Waals surface area contributed by atoms with Gasteiger partial charge in [0.1, 0.15) is 11.7 Å². The third-order valence-electron chi connectivity index (χ3n) is 6.65. The van der Waals surface area contributed by atoms with Crippen LogP contribution in [-0.4, -0.2) is 65.6 Å². The summed E-state index contributed by atoms with van der Waals surface area (Å²) in [6.07, 6.45) is -4.64. The van der Waals surface area contributed by atoms with Crippen molar-refractivity contribution in [2.75, 3.05) is 24.5 Å². The lowest BCUT2D eigenvalue weighted by Crippen LogP contribution is -2.60. The second-order valence-electron chi connectivity index (χ2n) is 9.66. The van der Waals surface area contributed by atoms with Gasteiger partial charge in [-0.3, -0.25) is 9.89 Å². The van der Waals surface area contributed by atoms with Crippen molar-refractivity contribution in [2.24, 2.45) is 0 Å². The van der Waals surface area contributed by atoms with Crippen molar-refractivity contribution < 1.29 is 36.3 Å². The highest BCUT2D eigenvalue weighted by atomic mass is 32.2. The largest absolute Gasteiger partial charge is 0.477 e. The number of rotatable bonds is 8. The molecule has 2 heterocycles. The summed E-state index contributed by atoms with van der Waals surface area (Å²) in [6, 6.07) is 10.7. The van der Waals surface area contributed by atoms with Crippen LogP contribution in [0, 0.1) is 0 Å². The minimum absolute atomic E-state index is 0.0597. The van der Waals surface area contributed by atoms with E-state index >= 15 is 0 Å². The summed E-state index contributed by atoms with van der Waals surface area (Å²) in [5, 5.41) is 18.3. The summed E-state index contributed by atoms with van der Waals surface area (Å²) < 4.78 is 67.0. The molecule has 10 nitrogen and oxygen atoms in total. The maximum Gasteiger partial charge on any atom is 0.416 e. The number of aromatic carboxylic acids is 1. The number of hydrogen-bond donors (Lipinski definition) is 3. The predicted molar refractivity (Wildman–Crippen MR) is 139 cm³/mol. The summed E-state index contributed by atoms with van der Waals surface area (Å²) in [5.74, 6) is -1.32. The van der Waals surface area contributed by atoms with Gasteiger partial charge in [0.05, 0.1) is 10.5 Å². The predicted octanol–water partition coefficient (Wildman–Crippen LogP) is 3.45. The third-order valence-corrected chi connectivity index (χ3v) is 8.58. The van der Waals surface area contributed by atoms with E-state index in [1.165, 1.54) is 6.07 Å². The Balaban J connectivity index is 1.59. The molecule has 3 N–H and O–H groups in total. The highest BCUT2D eigenvalue weighted by Gasteiger charge is 2.41. The van der Waals surface area contributed by atoms with Gasteiger partial charge in [-0.25, -0.2) is 13.2 Å². The number of carbonyl (C=O) groups excluding carboxylic acids is 1. The molecule has 0 spiro atoms. The highest BCUT2D eigenvalue weighted by molar-refractivity contribution is 7.89. The number of piperazine rings is 1. The third kappa shape index (κ3) is 6.28. The Bertz CT molecular complexity index is 1470. The number of nitrogens with zero attached hydrogens (tertiary/aromatic N) is 3. The van der Waals surface area contributed by atoms with E-state index in [2.05, 4.69) is 29.4 Å². The number of nitrogens with one attached hydrogen (secondary N) is 2. The average molecular weight is 580 g/mol. The molecule has 1 aromatic heterocycles. The monoisotopic (exact) mass is 579 g/mol. The van der Waals surface area contributed by atoms with E-state index < -0.39 is 39.7 Å². The van der Waals surface area contributed by atoms with Crippen molar-refractivity contribution in [3.05, 3.63) is 77.0 Å². The first-order chi connectivity index (χ1) is 18.8. The fourth-order valence-corrected chi connectivity index (χ4v) is 5.91. The Labute approximate surface area is 228 Å². The summed E-state index contributed by atoms with van der Waals surface area (Å²) in [4.78, 5) is 25.8. The number of H-pyrrole nitrogens is 1. The molecule has 214 valence electrons. The van der Waals surface area contributed by atoms with Crippen LogP contribution in [0.5, 0.6) is 0 Å². The zero-order valence-electron chi connectivity index (χ0n) is 21.6. The molecule has 1 amide bonds. The lowest BCUT2D eigenvalue weighted by molar-refractivity contribution is -0.137. The van der Waals surface area contributed by atoms with Gasteiger partial charge in [-0.15, -0.1) is 0 Å². The van der Waals surface area contributed by atoms with Crippen molar-refractivity contribution >= 4 is 27.7 Å². The molecule has 0 unspecified atom stereocenters. The van der Waals surface area contributed by atoms with Crippen molar-refractivity contribution in [3.8, 4) is 0 Å². The maximum atomic E-state index is 13.5. The Morgan fingerprint density at radius 1 is 1.10 bits per heavy atom. The van der Waals surface area contributed by atoms with E-state index in [1.807, 2.05) is 24.3 Å². The number of alkyl halides is 3. The number of halogens is 3. The van der Waals surface area contributed by atoms with Crippen LogP contribution in [0.25, 0.3) is 0 Å². The minimum Gasteiger partial charge on any atom is -0.477 e. The molecule has 4 rings (SSSR count). The van der Waals surface area contributed by atoms with Crippen molar-refractivity contribution in [1.82, 2.24) is 19.8 Å². The number of aromatic nitrogens is 2. The fraction of sp³-hybridized carbons (Fsp3) is 0.346. The molecule has 1 atom stereocenters. The van der Waals surface area contributed by atoms with Crippen LogP contribution in [0.1, 0.15) is 46.9 Å². The van der Waals surface area contributed by atoms with Gasteiger partial charge in [-0.05, 0) is 41.3 Å². The van der Waals surface area contributed by atoms with Crippen LogP contribution in [0.3, 0.4) is 0 Å². The van der Waals surface area contributed by atoms with Crippen LogP contribution in [0.2, 0.25) is 0 Å². The number of sulfonamides is 1. The van der Waals surface area contributed by atoms with Gasteiger partial charge in [-0.2, -0.15) is 22.6 Å². The smallest absolute Gasteiger partial charge is 0.416 e. The average Bonchev–Trinajstić information content (AvgIpc) is 3.42. The first-order valence-electron chi connectivity index (χ1n) is 12.4. The molecule has 0 aliphatic carbocycles. The van der Waals surface area contributed by atoms with E-state index in [1.54, 1.807) is 4.90 Å². The first kappa shape index (κ1) is 29.1. The second-order valence-corrected chi connectivity index (χ2v) is 11.5. The second kappa shape index (κ2) is 11.3. The van der Waals surface area contributed by atoms with Crippen LogP contribution >= 0.6 is 0 Å². The molecule has 14 heteroatoms. The Kier molecular flexibility index (Phi) is 8.21. The Morgan fingerprint density at radius 3 is 2.30 bits per heavy atom. The molecule has 1 aliphatic rings. The molecule has 2 aromatic carbocycles.